The number of carbonyl (C=O) groups is 1. The third-order valence-electron chi connectivity index (χ3n) is 5.06. The molecule has 0 N–H and O–H groups in total. The molecule has 0 fully saturated rings. The zero-order chi connectivity index (χ0) is 22.3. The number of hydrogen-bond donors (Lipinski definition) is 0. The fraction of sp³-hybridized carbons (Fsp3) is 0.261. The molecular weight excluding hydrogens is 424 g/mol. The highest BCUT2D eigenvalue weighted by Crippen LogP contribution is 2.27. The first kappa shape index (κ1) is 21.7. The number of carbonyl (C=O) groups excluding carboxylic acids is 1. The van der Waals surface area contributed by atoms with E-state index in [9.17, 15) is 4.79 Å². The summed E-state index contributed by atoms with van der Waals surface area (Å²) in [6.07, 6.45) is 5.66. The van der Waals surface area contributed by atoms with E-state index >= 15 is 0 Å². The van der Waals surface area contributed by atoms with Gasteiger partial charge in [0, 0.05) is 54.3 Å². The number of Topliss-reactive ketones (excluding diaryl/α,β-unsaturated/α-hetero) is 1. The van der Waals surface area contributed by atoms with E-state index in [2.05, 4.69) is 21.3 Å². The molecule has 4 rings (SSSR count). The van der Waals surface area contributed by atoms with E-state index in [0.717, 1.165) is 16.5 Å². The van der Waals surface area contributed by atoms with Crippen LogP contribution in [-0.2, 0) is 17.8 Å². The summed E-state index contributed by atoms with van der Waals surface area (Å²) in [6, 6.07) is 13.7. The van der Waals surface area contributed by atoms with Gasteiger partial charge in [0.1, 0.15) is 0 Å². The van der Waals surface area contributed by atoms with E-state index in [4.69, 9.17) is 10.00 Å². The minimum Gasteiger partial charge on any atom is -0.383 e. The first-order valence-electron chi connectivity index (χ1n) is 10.2. The Morgan fingerprint density at radius 3 is 2.75 bits per heavy atom. The Morgan fingerprint density at radius 2 is 1.97 bits per heavy atom. The molecule has 0 aliphatic carbocycles. The van der Waals surface area contributed by atoms with Crippen molar-refractivity contribution < 1.29 is 9.53 Å². The summed E-state index contributed by atoms with van der Waals surface area (Å²) in [4.78, 5) is 17.2. The second kappa shape index (κ2) is 10.2. The number of ether oxygens (including phenoxy) is 1. The molecule has 0 aliphatic heterocycles. The van der Waals surface area contributed by atoms with Crippen LogP contribution in [0.3, 0.4) is 0 Å². The third kappa shape index (κ3) is 4.56. The topological polar surface area (TPSA) is 98.6 Å². The maximum Gasteiger partial charge on any atom is 0.192 e. The Kier molecular flexibility index (Phi) is 6.94. The number of fused-ring (bicyclic) bond motifs is 1. The molecule has 3 heterocycles. The Morgan fingerprint density at radius 1 is 1.16 bits per heavy atom. The van der Waals surface area contributed by atoms with Gasteiger partial charge >= 0.3 is 0 Å². The lowest BCUT2D eigenvalue weighted by Gasteiger charge is -2.09. The lowest BCUT2D eigenvalue weighted by Crippen LogP contribution is -2.09. The number of para-hydroxylation sites is 1. The maximum absolute atomic E-state index is 13.1. The summed E-state index contributed by atoms with van der Waals surface area (Å²) in [5, 5.41) is 19.2. The van der Waals surface area contributed by atoms with Gasteiger partial charge in [-0.25, -0.2) is 0 Å². The number of ketones is 1. The van der Waals surface area contributed by atoms with Crippen LogP contribution in [-0.4, -0.2) is 49.6 Å². The number of nitriles is 1. The molecule has 0 saturated carbocycles. The second-order valence-corrected chi connectivity index (χ2v) is 8.00. The van der Waals surface area contributed by atoms with E-state index in [0.29, 0.717) is 42.7 Å². The standard InChI is InChI=1S/C23H22N6O2S/c1-31-14-13-29-22(17-7-10-25-11-8-17)26-27-23(29)32-16-21(30)19-15-28(12-4-9-24)20-6-3-2-5-18(19)20/h2-3,5-8,10-11,15H,4,12-14,16H2,1H3. The number of pyridine rings is 1. The van der Waals surface area contributed by atoms with Gasteiger partial charge in [-0.2, -0.15) is 5.26 Å². The molecule has 0 spiro atoms. The molecule has 0 amide bonds. The number of thioether (sulfide) groups is 1. The molecule has 1 aromatic carbocycles. The van der Waals surface area contributed by atoms with Crippen LogP contribution in [0.4, 0.5) is 0 Å². The summed E-state index contributed by atoms with van der Waals surface area (Å²) in [5.74, 6) is 0.953. The molecule has 0 bridgehead atoms. The van der Waals surface area contributed by atoms with E-state index in [1.807, 2.05) is 51.7 Å². The number of hydrogen-bond acceptors (Lipinski definition) is 7. The van der Waals surface area contributed by atoms with Crippen molar-refractivity contribution in [2.24, 2.45) is 0 Å². The van der Waals surface area contributed by atoms with Crippen molar-refractivity contribution in [3.05, 3.63) is 60.6 Å². The molecule has 0 aliphatic rings. The third-order valence-corrected chi connectivity index (χ3v) is 6.03. The quantitative estimate of drug-likeness (QED) is 0.270. The average molecular weight is 447 g/mol. The predicted molar refractivity (Wildman–Crippen MR) is 122 cm³/mol. The van der Waals surface area contributed by atoms with Crippen molar-refractivity contribution in [2.75, 3.05) is 19.5 Å². The maximum atomic E-state index is 13.1. The molecule has 9 heteroatoms. The van der Waals surface area contributed by atoms with Crippen LogP contribution in [0.1, 0.15) is 16.8 Å². The molecule has 3 aromatic heterocycles. The molecule has 0 saturated heterocycles. The van der Waals surface area contributed by atoms with Gasteiger partial charge in [0.05, 0.1) is 31.4 Å². The summed E-state index contributed by atoms with van der Waals surface area (Å²) >= 11 is 1.36. The van der Waals surface area contributed by atoms with Gasteiger partial charge in [-0.05, 0) is 18.2 Å². The van der Waals surface area contributed by atoms with E-state index in [1.165, 1.54) is 11.8 Å². The van der Waals surface area contributed by atoms with E-state index in [1.54, 1.807) is 19.5 Å². The highest BCUT2D eigenvalue weighted by molar-refractivity contribution is 7.99. The lowest BCUT2D eigenvalue weighted by atomic mass is 10.1. The summed E-state index contributed by atoms with van der Waals surface area (Å²) in [6.45, 7) is 1.63. The summed E-state index contributed by atoms with van der Waals surface area (Å²) < 4.78 is 9.19. The van der Waals surface area contributed by atoms with Gasteiger partial charge in [-0.15, -0.1) is 10.2 Å². The first-order chi connectivity index (χ1) is 15.7. The van der Waals surface area contributed by atoms with Crippen LogP contribution < -0.4 is 0 Å². The normalized spacial score (nSPS) is 11.0. The number of aryl methyl sites for hydroxylation is 1. The van der Waals surface area contributed by atoms with Crippen LogP contribution in [0.15, 0.2) is 60.1 Å². The first-order valence-corrected chi connectivity index (χ1v) is 11.1. The zero-order valence-corrected chi connectivity index (χ0v) is 18.5. The van der Waals surface area contributed by atoms with Gasteiger partial charge in [0.25, 0.3) is 0 Å². The predicted octanol–water partition coefficient (Wildman–Crippen LogP) is 3.83. The van der Waals surface area contributed by atoms with E-state index in [-0.39, 0.29) is 11.5 Å². The van der Waals surface area contributed by atoms with Crippen molar-refractivity contribution in [2.45, 2.75) is 24.7 Å². The number of aromatic nitrogens is 5. The van der Waals surface area contributed by atoms with Crippen LogP contribution in [0.5, 0.6) is 0 Å². The average Bonchev–Trinajstić information content (AvgIpc) is 3.42. The highest BCUT2D eigenvalue weighted by Gasteiger charge is 2.19. The minimum absolute atomic E-state index is 0.00802. The number of rotatable bonds is 10. The molecule has 4 aromatic rings. The van der Waals surface area contributed by atoms with Crippen molar-refractivity contribution in [1.29, 1.82) is 5.26 Å². The van der Waals surface area contributed by atoms with Crippen molar-refractivity contribution in [3.8, 4) is 17.5 Å². The monoisotopic (exact) mass is 446 g/mol. The van der Waals surface area contributed by atoms with Crippen LogP contribution in [0, 0.1) is 11.3 Å². The van der Waals surface area contributed by atoms with Crippen molar-refractivity contribution in [3.63, 3.8) is 0 Å². The lowest BCUT2D eigenvalue weighted by molar-refractivity contribution is 0.102. The molecule has 0 unspecified atom stereocenters. The summed E-state index contributed by atoms with van der Waals surface area (Å²) in [5.41, 5.74) is 2.52. The Hall–Kier alpha value is -3.48. The van der Waals surface area contributed by atoms with E-state index < -0.39 is 0 Å². The van der Waals surface area contributed by atoms with Gasteiger partial charge in [-0.1, -0.05) is 30.0 Å². The highest BCUT2D eigenvalue weighted by atomic mass is 32.2. The van der Waals surface area contributed by atoms with Gasteiger partial charge in [0.2, 0.25) is 0 Å². The molecule has 32 heavy (non-hydrogen) atoms. The fourth-order valence-corrected chi connectivity index (χ4v) is 4.37. The fourth-order valence-electron chi connectivity index (χ4n) is 3.53. The Bertz CT molecular complexity index is 1260. The van der Waals surface area contributed by atoms with Gasteiger partial charge < -0.3 is 9.30 Å². The smallest absolute Gasteiger partial charge is 0.192 e. The summed E-state index contributed by atoms with van der Waals surface area (Å²) in [7, 11) is 1.65. The molecule has 162 valence electrons. The number of nitrogens with zero attached hydrogens (tertiary/aromatic N) is 6. The molecule has 0 atom stereocenters. The molecule has 0 radical (unpaired) electrons. The van der Waals surface area contributed by atoms with Gasteiger partial charge in [0.15, 0.2) is 16.8 Å². The van der Waals surface area contributed by atoms with Crippen LogP contribution in [0.25, 0.3) is 22.3 Å². The zero-order valence-electron chi connectivity index (χ0n) is 17.6. The van der Waals surface area contributed by atoms with Crippen LogP contribution in [0.2, 0.25) is 0 Å². The van der Waals surface area contributed by atoms with Gasteiger partial charge in [-0.3, -0.25) is 14.3 Å². The van der Waals surface area contributed by atoms with Crippen molar-refractivity contribution >= 4 is 28.4 Å². The number of methoxy groups -OCH3 is 1. The number of benzene rings is 1. The Balaban J connectivity index is 1.57. The largest absolute Gasteiger partial charge is 0.383 e. The molecule has 8 nitrogen and oxygen atoms in total. The molecular formula is C23H22N6O2S. The van der Waals surface area contributed by atoms with Crippen LogP contribution >= 0.6 is 11.8 Å². The van der Waals surface area contributed by atoms with Crippen molar-refractivity contribution in [1.82, 2.24) is 24.3 Å². The Labute approximate surface area is 189 Å². The second-order valence-electron chi connectivity index (χ2n) is 7.06. The SMILES string of the molecule is COCCn1c(SCC(=O)c2cn(CCC#N)c3ccccc23)nnc1-c1ccncc1. The minimum atomic E-state index is 0.00802.